The number of ether oxygens (including phenoxy) is 1. The first-order valence-electron chi connectivity index (χ1n) is 7.11. The molecule has 1 heterocycles. The summed E-state index contributed by atoms with van der Waals surface area (Å²) in [5, 5.41) is 10.7. The van der Waals surface area contributed by atoms with Crippen LogP contribution in [0, 0.1) is 5.92 Å². The first-order chi connectivity index (χ1) is 9.53. The molecule has 2 atom stereocenters. The van der Waals surface area contributed by atoms with Gasteiger partial charge in [-0.05, 0) is 31.9 Å². The normalized spacial score (nSPS) is 23.1. The van der Waals surface area contributed by atoms with Gasteiger partial charge in [-0.1, -0.05) is 30.3 Å². The lowest BCUT2D eigenvalue weighted by Crippen LogP contribution is -2.45. The number of aliphatic hydroxyl groups is 1. The van der Waals surface area contributed by atoms with Crippen molar-refractivity contribution in [1.29, 1.82) is 0 Å². The molecule has 2 rings (SSSR count). The van der Waals surface area contributed by atoms with Gasteiger partial charge in [0.15, 0.2) is 0 Å². The number of benzene rings is 1. The zero-order chi connectivity index (χ0) is 14.6. The van der Waals surface area contributed by atoms with Crippen LogP contribution < -0.4 is 0 Å². The van der Waals surface area contributed by atoms with Gasteiger partial charge in [0.05, 0.1) is 18.6 Å². The molecule has 1 aromatic rings. The van der Waals surface area contributed by atoms with E-state index in [2.05, 4.69) is 4.90 Å². The summed E-state index contributed by atoms with van der Waals surface area (Å²) in [4.78, 5) is 13.8. The molecule has 0 saturated carbocycles. The second-order valence-corrected chi connectivity index (χ2v) is 5.74. The minimum Gasteiger partial charge on any atom is -0.469 e. The summed E-state index contributed by atoms with van der Waals surface area (Å²) >= 11 is 0. The van der Waals surface area contributed by atoms with Gasteiger partial charge in [-0.3, -0.25) is 9.69 Å². The van der Waals surface area contributed by atoms with Crippen LogP contribution in [0.15, 0.2) is 30.3 Å². The number of likely N-dealkylation sites (tertiary alicyclic amines) is 1. The van der Waals surface area contributed by atoms with Gasteiger partial charge >= 0.3 is 5.97 Å². The number of carbonyl (C=O) groups is 1. The molecular weight excluding hydrogens is 254 g/mol. The SMILES string of the molecule is COC(=O)C1CCCN(CC(C)(O)c2ccccc2)C1. The molecule has 20 heavy (non-hydrogen) atoms. The highest BCUT2D eigenvalue weighted by molar-refractivity contribution is 5.72. The molecule has 0 aliphatic carbocycles. The first kappa shape index (κ1) is 15.0. The highest BCUT2D eigenvalue weighted by atomic mass is 16.5. The molecule has 0 radical (unpaired) electrons. The van der Waals surface area contributed by atoms with Gasteiger partial charge in [0, 0.05) is 13.1 Å². The van der Waals surface area contributed by atoms with Crippen molar-refractivity contribution in [1.82, 2.24) is 4.90 Å². The van der Waals surface area contributed by atoms with Crippen molar-refractivity contribution in [2.45, 2.75) is 25.4 Å². The molecular formula is C16H23NO3. The summed E-state index contributed by atoms with van der Waals surface area (Å²) in [6.45, 7) is 3.93. The van der Waals surface area contributed by atoms with Crippen LogP contribution in [0.4, 0.5) is 0 Å². The summed E-state index contributed by atoms with van der Waals surface area (Å²) in [6.07, 6.45) is 1.83. The van der Waals surface area contributed by atoms with Crippen molar-refractivity contribution >= 4 is 5.97 Å². The summed E-state index contributed by atoms with van der Waals surface area (Å²) in [6, 6.07) is 9.66. The molecule has 1 fully saturated rings. The second kappa shape index (κ2) is 6.37. The van der Waals surface area contributed by atoms with Gasteiger partial charge in [0.2, 0.25) is 0 Å². The van der Waals surface area contributed by atoms with Crippen LogP contribution >= 0.6 is 0 Å². The van der Waals surface area contributed by atoms with Crippen molar-refractivity contribution in [3.63, 3.8) is 0 Å². The van der Waals surface area contributed by atoms with Crippen molar-refractivity contribution in [3.8, 4) is 0 Å². The van der Waals surface area contributed by atoms with Crippen molar-refractivity contribution < 1.29 is 14.6 Å². The molecule has 4 nitrogen and oxygen atoms in total. The zero-order valence-electron chi connectivity index (χ0n) is 12.2. The number of β-amino-alcohol motifs (C(OH)–C–C–N with tert-alkyl or cyclic N) is 1. The Morgan fingerprint density at radius 2 is 2.15 bits per heavy atom. The third-order valence-corrected chi connectivity index (χ3v) is 3.97. The second-order valence-electron chi connectivity index (χ2n) is 5.74. The Hall–Kier alpha value is -1.39. The molecule has 1 N–H and O–H groups in total. The lowest BCUT2D eigenvalue weighted by molar-refractivity contribution is -0.147. The maximum absolute atomic E-state index is 11.6. The van der Waals surface area contributed by atoms with Crippen LogP contribution in [-0.4, -0.2) is 42.7 Å². The predicted molar refractivity (Wildman–Crippen MR) is 77.2 cm³/mol. The summed E-state index contributed by atoms with van der Waals surface area (Å²) in [5.41, 5.74) is -0.000547. The first-order valence-corrected chi connectivity index (χ1v) is 7.11. The molecule has 110 valence electrons. The molecule has 0 amide bonds. The van der Waals surface area contributed by atoms with Gasteiger partial charge in [-0.2, -0.15) is 0 Å². The third-order valence-electron chi connectivity index (χ3n) is 3.97. The van der Waals surface area contributed by atoms with Crippen LogP contribution in [0.5, 0.6) is 0 Å². The molecule has 0 aromatic heterocycles. The van der Waals surface area contributed by atoms with Crippen LogP contribution in [0.25, 0.3) is 0 Å². The van der Waals surface area contributed by atoms with Gasteiger partial charge in [-0.25, -0.2) is 0 Å². The zero-order valence-corrected chi connectivity index (χ0v) is 12.2. The monoisotopic (exact) mass is 277 g/mol. The van der Waals surface area contributed by atoms with Gasteiger partial charge < -0.3 is 9.84 Å². The van der Waals surface area contributed by atoms with Crippen molar-refractivity contribution in [2.24, 2.45) is 5.92 Å². The fraction of sp³-hybridized carbons (Fsp3) is 0.562. The number of nitrogens with zero attached hydrogens (tertiary/aromatic N) is 1. The van der Waals surface area contributed by atoms with Crippen molar-refractivity contribution in [3.05, 3.63) is 35.9 Å². The topological polar surface area (TPSA) is 49.8 Å². The van der Waals surface area contributed by atoms with Crippen molar-refractivity contribution in [2.75, 3.05) is 26.7 Å². The van der Waals surface area contributed by atoms with Crippen LogP contribution in [0.1, 0.15) is 25.3 Å². The lowest BCUT2D eigenvalue weighted by atomic mass is 9.92. The highest BCUT2D eigenvalue weighted by Crippen LogP contribution is 2.25. The maximum Gasteiger partial charge on any atom is 0.309 e. The Labute approximate surface area is 120 Å². The summed E-state index contributed by atoms with van der Waals surface area (Å²) in [7, 11) is 1.43. The average molecular weight is 277 g/mol. The smallest absolute Gasteiger partial charge is 0.309 e. The Balaban J connectivity index is 2.00. The van der Waals surface area contributed by atoms with E-state index in [9.17, 15) is 9.90 Å². The fourth-order valence-corrected chi connectivity index (χ4v) is 2.88. The van der Waals surface area contributed by atoms with E-state index in [0.717, 1.165) is 24.9 Å². The van der Waals surface area contributed by atoms with E-state index in [1.807, 2.05) is 37.3 Å². The van der Waals surface area contributed by atoms with E-state index in [0.29, 0.717) is 13.1 Å². The maximum atomic E-state index is 11.6. The minimum absolute atomic E-state index is 0.0691. The lowest BCUT2D eigenvalue weighted by Gasteiger charge is -2.36. The highest BCUT2D eigenvalue weighted by Gasteiger charge is 2.31. The number of carbonyl (C=O) groups excluding carboxylic acids is 1. The fourth-order valence-electron chi connectivity index (χ4n) is 2.88. The van der Waals surface area contributed by atoms with Gasteiger partial charge in [-0.15, -0.1) is 0 Å². The molecule has 2 unspecified atom stereocenters. The Bertz CT molecular complexity index is 444. The Morgan fingerprint density at radius 3 is 2.80 bits per heavy atom. The molecule has 1 aliphatic heterocycles. The number of methoxy groups -OCH3 is 1. The minimum atomic E-state index is -0.904. The van der Waals surface area contributed by atoms with E-state index >= 15 is 0 Å². The van der Waals surface area contributed by atoms with E-state index in [1.165, 1.54) is 7.11 Å². The molecule has 1 saturated heterocycles. The van der Waals surface area contributed by atoms with E-state index in [1.54, 1.807) is 0 Å². The van der Waals surface area contributed by atoms with Crippen LogP contribution in [-0.2, 0) is 15.1 Å². The molecule has 1 aliphatic rings. The van der Waals surface area contributed by atoms with Gasteiger partial charge in [0.1, 0.15) is 0 Å². The number of esters is 1. The number of hydrogen-bond acceptors (Lipinski definition) is 4. The molecule has 0 spiro atoms. The van der Waals surface area contributed by atoms with E-state index in [-0.39, 0.29) is 11.9 Å². The summed E-state index contributed by atoms with van der Waals surface area (Å²) in [5.74, 6) is -0.214. The summed E-state index contributed by atoms with van der Waals surface area (Å²) < 4.78 is 4.82. The number of hydrogen-bond donors (Lipinski definition) is 1. The quantitative estimate of drug-likeness (QED) is 0.852. The standard InChI is InChI=1S/C16H23NO3/c1-16(19,14-8-4-3-5-9-14)12-17-10-6-7-13(11-17)15(18)20-2/h3-5,8-9,13,19H,6-7,10-12H2,1-2H3. The van der Waals surface area contributed by atoms with E-state index in [4.69, 9.17) is 4.74 Å². The molecule has 4 heteroatoms. The number of piperidine rings is 1. The molecule has 1 aromatic carbocycles. The predicted octanol–water partition coefficient (Wildman–Crippen LogP) is 1.78. The largest absolute Gasteiger partial charge is 0.469 e. The van der Waals surface area contributed by atoms with Gasteiger partial charge in [0.25, 0.3) is 0 Å². The Kier molecular flexibility index (Phi) is 4.78. The Morgan fingerprint density at radius 1 is 1.45 bits per heavy atom. The van der Waals surface area contributed by atoms with Crippen LogP contribution in [0.2, 0.25) is 0 Å². The van der Waals surface area contributed by atoms with E-state index < -0.39 is 5.60 Å². The average Bonchev–Trinajstić information content (AvgIpc) is 2.47. The third kappa shape index (κ3) is 3.58. The number of rotatable bonds is 4. The molecule has 0 bridgehead atoms. The van der Waals surface area contributed by atoms with Crippen LogP contribution in [0.3, 0.4) is 0 Å².